The van der Waals surface area contributed by atoms with Crippen LogP contribution in [0.3, 0.4) is 0 Å². The predicted molar refractivity (Wildman–Crippen MR) is 133 cm³/mol. The molecule has 32 heavy (non-hydrogen) atoms. The van der Waals surface area contributed by atoms with Gasteiger partial charge in [-0.2, -0.15) is 0 Å². The lowest BCUT2D eigenvalue weighted by molar-refractivity contribution is 0.250. The molecule has 4 aromatic rings. The molecule has 0 saturated carbocycles. The minimum Gasteiger partial charge on any atom is -0.367 e. The summed E-state index contributed by atoms with van der Waals surface area (Å²) in [7, 11) is 0. The Kier molecular flexibility index (Phi) is 6.42. The summed E-state index contributed by atoms with van der Waals surface area (Å²) in [4.78, 5) is 9.80. The number of nitrogens with zero attached hydrogens (tertiary/aromatic N) is 3. The molecule has 4 heteroatoms. The molecule has 1 N–H and O–H groups in total. The first-order chi connectivity index (χ1) is 15.8. The quantitative estimate of drug-likeness (QED) is 0.461. The lowest BCUT2D eigenvalue weighted by Crippen LogP contribution is -2.46. The van der Waals surface area contributed by atoms with Gasteiger partial charge in [0.2, 0.25) is 0 Å². The molecule has 1 saturated heterocycles. The Labute approximate surface area is 190 Å². The predicted octanol–water partition coefficient (Wildman–Crippen LogP) is 4.85. The van der Waals surface area contributed by atoms with Crippen molar-refractivity contribution in [3.05, 3.63) is 108 Å². The van der Waals surface area contributed by atoms with Crippen molar-refractivity contribution < 1.29 is 0 Å². The summed E-state index contributed by atoms with van der Waals surface area (Å²) in [5.74, 6) is 0. The van der Waals surface area contributed by atoms with E-state index in [0.29, 0.717) is 0 Å². The Balaban J connectivity index is 1.28. The summed E-state index contributed by atoms with van der Waals surface area (Å²) in [6, 6.07) is 30.2. The Morgan fingerprint density at radius 1 is 0.688 bits per heavy atom. The van der Waals surface area contributed by atoms with Gasteiger partial charge >= 0.3 is 0 Å². The van der Waals surface area contributed by atoms with Gasteiger partial charge in [0.05, 0.1) is 11.2 Å². The Morgan fingerprint density at radius 3 is 2.12 bits per heavy atom. The highest BCUT2D eigenvalue weighted by Gasteiger charge is 2.20. The first-order valence-corrected chi connectivity index (χ1v) is 11.5. The molecule has 0 unspecified atom stereocenters. The maximum absolute atomic E-state index is 4.74. The molecular weight excluding hydrogens is 392 g/mol. The van der Waals surface area contributed by atoms with Crippen molar-refractivity contribution in [2.45, 2.75) is 19.6 Å². The molecule has 0 radical (unpaired) electrons. The lowest BCUT2D eigenvalue weighted by Gasteiger charge is -2.36. The molecule has 1 aromatic heterocycles. The second-order valence-electron chi connectivity index (χ2n) is 8.53. The summed E-state index contributed by atoms with van der Waals surface area (Å²) >= 11 is 0. The third-order valence-corrected chi connectivity index (χ3v) is 6.21. The van der Waals surface area contributed by atoms with E-state index in [9.17, 15) is 0 Å². The van der Waals surface area contributed by atoms with Crippen LogP contribution in [0.5, 0.6) is 0 Å². The second kappa shape index (κ2) is 9.94. The molecule has 1 aliphatic heterocycles. The monoisotopic (exact) mass is 422 g/mol. The lowest BCUT2D eigenvalue weighted by atomic mass is 10.1. The molecule has 0 atom stereocenters. The minimum absolute atomic E-state index is 0.848. The number of fused-ring (bicyclic) bond motifs is 1. The number of pyridine rings is 1. The molecule has 162 valence electrons. The zero-order chi connectivity index (χ0) is 21.6. The van der Waals surface area contributed by atoms with Crippen molar-refractivity contribution in [1.82, 2.24) is 15.2 Å². The number of hydrogen-bond acceptors (Lipinski definition) is 4. The van der Waals surface area contributed by atoms with Gasteiger partial charge in [0.25, 0.3) is 0 Å². The van der Waals surface area contributed by atoms with E-state index >= 15 is 0 Å². The van der Waals surface area contributed by atoms with E-state index in [1.807, 2.05) is 12.3 Å². The van der Waals surface area contributed by atoms with Crippen LogP contribution >= 0.6 is 0 Å². The topological polar surface area (TPSA) is 31.4 Å². The van der Waals surface area contributed by atoms with E-state index < -0.39 is 0 Å². The van der Waals surface area contributed by atoms with Crippen molar-refractivity contribution in [3.8, 4) is 0 Å². The van der Waals surface area contributed by atoms with Crippen molar-refractivity contribution in [1.29, 1.82) is 0 Å². The van der Waals surface area contributed by atoms with Gasteiger partial charge in [0, 0.05) is 57.4 Å². The van der Waals surface area contributed by atoms with E-state index in [1.165, 1.54) is 27.8 Å². The van der Waals surface area contributed by atoms with Crippen molar-refractivity contribution >= 4 is 16.6 Å². The van der Waals surface area contributed by atoms with Gasteiger partial charge in [-0.05, 0) is 34.9 Å². The highest BCUT2D eigenvalue weighted by Crippen LogP contribution is 2.28. The minimum atomic E-state index is 0.848. The standard InChI is InChI=1S/C28H30N4/c1-3-8-23(9-4-1)20-29-21-25-18-26-12-7-13-30-28(26)27(19-25)32-16-14-31(15-17-32)22-24-10-5-2-6-11-24/h1-13,18-19,29H,14-17,20-22H2. The molecule has 2 heterocycles. The fraction of sp³-hybridized carbons (Fsp3) is 0.250. The van der Waals surface area contributed by atoms with Gasteiger partial charge in [0.15, 0.2) is 0 Å². The van der Waals surface area contributed by atoms with E-state index in [4.69, 9.17) is 4.98 Å². The first kappa shape index (κ1) is 20.7. The van der Waals surface area contributed by atoms with Crippen LogP contribution < -0.4 is 10.2 Å². The fourth-order valence-electron chi connectivity index (χ4n) is 4.51. The molecule has 1 aliphatic rings. The molecular formula is C28H30N4. The summed E-state index contributed by atoms with van der Waals surface area (Å²) in [5, 5.41) is 4.82. The van der Waals surface area contributed by atoms with Gasteiger partial charge < -0.3 is 10.2 Å². The van der Waals surface area contributed by atoms with Crippen LogP contribution in [0, 0.1) is 0 Å². The third-order valence-electron chi connectivity index (χ3n) is 6.21. The normalized spacial score (nSPS) is 14.7. The van der Waals surface area contributed by atoms with Gasteiger partial charge in [0.1, 0.15) is 0 Å². The van der Waals surface area contributed by atoms with Crippen LogP contribution in [0.25, 0.3) is 10.9 Å². The van der Waals surface area contributed by atoms with Crippen molar-refractivity contribution in [2.75, 3.05) is 31.1 Å². The smallest absolute Gasteiger partial charge is 0.0935 e. The Morgan fingerprint density at radius 2 is 1.38 bits per heavy atom. The second-order valence-corrected chi connectivity index (χ2v) is 8.53. The average Bonchev–Trinajstić information content (AvgIpc) is 2.85. The number of aromatic nitrogens is 1. The number of nitrogens with one attached hydrogen (secondary N) is 1. The van der Waals surface area contributed by atoms with Gasteiger partial charge in [-0.15, -0.1) is 0 Å². The maximum Gasteiger partial charge on any atom is 0.0935 e. The number of piperazine rings is 1. The third kappa shape index (κ3) is 4.98. The molecule has 0 amide bonds. The largest absolute Gasteiger partial charge is 0.367 e. The summed E-state index contributed by atoms with van der Waals surface area (Å²) < 4.78 is 0. The maximum atomic E-state index is 4.74. The zero-order valence-electron chi connectivity index (χ0n) is 18.5. The molecule has 0 aliphatic carbocycles. The van der Waals surface area contributed by atoms with E-state index in [1.54, 1.807) is 0 Å². The van der Waals surface area contributed by atoms with Crippen molar-refractivity contribution in [3.63, 3.8) is 0 Å². The molecule has 1 fully saturated rings. The number of rotatable bonds is 7. The Hall–Kier alpha value is -3.21. The number of hydrogen-bond donors (Lipinski definition) is 1. The number of benzene rings is 3. The van der Waals surface area contributed by atoms with Gasteiger partial charge in [-0.3, -0.25) is 9.88 Å². The molecule has 0 bridgehead atoms. The zero-order valence-corrected chi connectivity index (χ0v) is 18.5. The number of anilines is 1. The summed E-state index contributed by atoms with van der Waals surface area (Å²) in [5.41, 5.74) is 6.38. The molecule has 0 spiro atoms. The van der Waals surface area contributed by atoms with Gasteiger partial charge in [-0.1, -0.05) is 66.7 Å². The fourth-order valence-corrected chi connectivity index (χ4v) is 4.51. The van der Waals surface area contributed by atoms with Crippen LogP contribution in [0.15, 0.2) is 91.1 Å². The summed E-state index contributed by atoms with van der Waals surface area (Å²) in [6.45, 7) is 6.94. The van der Waals surface area contributed by atoms with E-state index in [-0.39, 0.29) is 0 Å². The van der Waals surface area contributed by atoms with E-state index in [2.05, 4.69) is 94.0 Å². The average molecular weight is 423 g/mol. The molecule has 3 aromatic carbocycles. The van der Waals surface area contributed by atoms with Crippen molar-refractivity contribution in [2.24, 2.45) is 0 Å². The Bertz CT molecular complexity index is 1140. The van der Waals surface area contributed by atoms with Crippen LogP contribution in [0.1, 0.15) is 16.7 Å². The van der Waals surface area contributed by atoms with E-state index in [0.717, 1.165) is 51.3 Å². The molecule has 4 nitrogen and oxygen atoms in total. The van der Waals surface area contributed by atoms with Crippen LogP contribution in [-0.2, 0) is 19.6 Å². The highest BCUT2D eigenvalue weighted by atomic mass is 15.3. The first-order valence-electron chi connectivity index (χ1n) is 11.5. The SMILES string of the molecule is c1ccc(CNCc2cc(N3CCN(Cc4ccccc4)CC3)c3ncccc3c2)cc1. The molecule has 5 rings (SSSR count). The van der Waals surface area contributed by atoms with Gasteiger partial charge in [-0.25, -0.2) is 0 Å². The highest BCUT2D eigenvalue weighted by molar-refractivity contribution is 5.91. The van der Waals surface area contributed by atoms with Crippen LogP contribution in [0.4, 0.5) is 5.69 Å². The van der Waals surface area contributed by atoms with Crippen LogP contribution in [0.2, 0.25) is 0 Å². The van der Waals surface area contributed by atoms with Crippen LogP contribution in [-0.4, -0.2) is 36.1 Å². The summed E-state index contributed by atoms with van der Waals surface area (Å²) in [6.07, 6.45) is 1.91.